The van der Waals surface area contributed by atoms with Crippen molar-refractivity contribution in [2.45, 2.75) is 6.92 Å². The van der Waals surface area contributed by atoms with Crippen LogP contribution in [0, 0.1) is 0 Å². The molecule has 2 aliphatic rings. The summed E-state index contributed by atoms with van der Waals surface area (Å²) in [5, 5.41) is 0. The Balaban J connectivity index is 2.41. The van der Waals surface area contributed by atoms with Gasteiger partial charge in [-0.15, -0.1) is 0 Å². The lowest BCUT2D eigenvalue weighted by Crippen LogP contribution is -2.21. The summed E-state index contributed by atoms with van der Waals surface area (Å²) in [7, 11) is 0. The highest BCUT2D eigenvalue weighted by atomic mass is 127. The largest absolute Gasteiger partial charge is 0.343 e. The van der Waals surface area contributed by atoms with E-state index < -0.39 is 0 Å². The molecule has 12 heavy (non-hydrogen) atoms. The lowest BCUT2D eigenvalue weighted by Gasteiger charge is -2.27. The van der Waals surface area contributed by atoms with Crippen molar-refractivity contribution in [3.63, 3.8) is 0 Å². The summed E-state index contributed by atoms with van der Waals surface area (Å²) in [6, 6.07) is 0. The molecule has 0 atom stereocenters. The van der Waals surface area contributed by atoms with Gasteiger partial charge >= 0.3 is 0 Å². The molecule has 0 aromatic rings. The van der Waals surface area contributed by atoms with Crippen LogP contribution >= 0.6 is 22.6 Å². The van der Waals surface area contributed by atoms with Crippen molar-refractivity contribution in [3.05, 3.63) is 45.4 Å². The number of fused-ring (bicyclic) bond motifs is 1. The predicted molar refractivity (Wildman–Crippen MR) is 59.8 cm³/mol. The first kappa shape index (κ1) is 8.10. The molecule has 0 radical (unpaired) electrons. The van der Waals surface area contributed by atoms with Gasteiger partial charge in [0.15, 0.2) is 0 Å². The lowest BCUT2D eigenvalue weighted by atomic mass is 10.1. The third-order valence-electron chi connectivity index (χ3n) is 1.98. The Bertz CT molecular complexity index is 321. The van der Waals surface area contributed by atoms with Crippen LogP contribution in [0.2, 0.25) is 0 Å². The zero-order valence-corrected chi connectivity index (χ0v) is 9.08. The minimum Gasteiger partial charge on any atom is -0.343 e. The van der Waals surface area contributed by atoms with Gasteiger partial charge in [-0.05, 0) is 47.2 Å². The van der Waals surface area contributed by atoms with Crippen LogP contribution in [0.5, 0.6) is 0 Å². The average Bonchev–Trinajstić information content (AvgIpc) is 2.04. The molecule has 2 rings (SSSR count). The Morgan fingerprint density at radius 2 is 2.17 bits per heavy atom. The van der Waals surface area contributed by atoms with Crippen LogP contribution < -0.4 is 0 Å². The number of hydrogen-bond donors (Lipinski definition) is 0. The van der Waals surface area contributed by atoms with Crippen molar-refractivity contribution in [3.8, 4) is 0 Å². The van der Waals surface area contributed by atoms with Crippen LogP contribution in [0.1, 0.15) is 6.92 Å². The topological polar surface area (TPSA) is 3.24 Å². The van der Waals surface area contributed by atoms with E-state index in [-0.39, 0.29) is 0 Å². The van der Waals surface area contributed by atoms with Gasteiger partial charge in [-0.25, -0.2) is 0 Å². The van der Waals surface area contributed by atoms with Crippen molar-refractivity contribution in [2.24, 2.45) is 0 Å². The van der Waals surface area contributed by atoms with Gasteiger partial charge in [0.05, 0.1) is 5.70 Å². The minimum absolute atomic E-state index is 1.00. The Hall–Kier alpha value is -0.510. The smallest absolute Gasteiger partial charge is 0.0544 e. The molecular formula is C10H10IN. The molecule has 1 nitrogen and oxygen atoms in total. The zero-order valence-electron chi connectivity index (χ0n) is 6.92. The second-order valence-electron chi connectivity index (χ2n) is 2.99. The van der Waals surface area contributed by atoms with E-state index >= 15 is 0 Å². The number of allylic oxidation sites excluding steroid dienone is 5. The molecule has 0 aromatic heterocycles. The van der Waals surface area contributed by atoms with Gasteiger partial charge in [-0.1, -0.05) is 12.2 Å². The highest BCUT2D eigenvalue weighted by Gasteiger charge is 2.12. The van der Waals surface area contributed by atoms with Crippen LogP contribution in [0.3, 0.4) is 0 Å². The molecule has 0 spiro atoms. The second kappa shape index (κ2) is 3.09. The zero-order chi connectivity index (χ0) is 8.55. The van der Waals surface area contributed by atoms with E-state index in [4.69, 9.17) is 0 Å². The minimum atomic E-state index is 1.00. The van der Waals surface area contributed by atoms with Gasteiger partial charge in [0.1, 0.15) is 0 Å². The first-order chi connectivity index (χ1) is 5.77. The fourth-order valence-electron chi connectivity index (χ4n) is 1.39. The summed E-state index contributed by atoms with van der Waals surface area (Å²) < 4.78 is 1.32. The summed E-state index contributed by atoms with van der Waals surface area (Å²) in [5.74, 6) is 0. The maximum Gasteiger partial charge on any atom is 0.0544 e. The normalized spacial score (nSPS) is 21.2. The van der Waals surface area contributed by atoms with Crippen LogP contribution in [-0.4, -0.2) is 11.4 Å². The summed E-state index contributed by atoms with van der Waals surface area (Å²) in [4.78, 5) is 2.27. The van der Waals surface area contributed by atoms with E-state index in [2.05, 4.69) is 64.9 Å². The van der Waals surface area contributed by atoms with Gasteiger partial charge in [0.2, 0.25) is 0 Å². The molecule has 0 N–H and O–H groups in total. The van der Waals surface area contributed by atoms with E-state index in [0.29, 0.717) is 0 Å². The quantitative estimate of drug-likeness (QED) is 0.612. The fourth-order valence-corrected chi connectivity index (χ4v) is 2.13. The maximum absolute atomic E-state index is 2.37. The van der Waals surface area contributed by atoms with Gasteiger partial charge < -0.3 is 4.90 Å². The summed E-state index contributed by atoms with van der Waals surface area (Å²) in [6.07, 6.45) is 10.9. The van der Waals surface area contributed by atoms with Gasteiger partial charge in [0, 0.05) is 16.3 Å². The Morgan fingerprint density at radius 3 is 3.00 bits per heavy atom. The van der Waals surface area contributed by atoms with E-state index in [1.165, 1.54) is 14.8 Å². The van der Waals surface area contributed by atoms with Crippen LogP contribution in [0.25, 0.3) is 0 Å². The van der Waals surface area contributed by atoms with Crippen LogP contribution in [0.15, 0.2) is 45.4 Å². The predicted octanol–water partition coefficient (Wildman–Crippen LogP) is 2.98. The average molecular weight is 271 g/mol. The number of halogens is 1. The standard InChI is InChI=1S/C10H10IN/c1-8-4-5-10-9(11)3-2-6-12(10)7-8/h2-5,7H,6H2,1H3. The van der Waals surface area contributed by atoms with Gasteiger partial charge in [-0.3, -0.25) is 0 Å². The number of nitrogens with zero attached hydrogens (tertiary/aromatic N) is 1. The molecule has 0 saturated carbocycles. The van der Waals surface area contributed by atoms with E-state index in [0.717, 1.165) is 6.54 Å². The Morgan fingerprint density at radius 1 is 1.33 bits per heavy atom. The van der Waals surface area contributed by atoms with E-state index in [1.54, 1.807) is 0 Å². The van der Waals surface area contributed by atoms with Gasteiger partial charge in [0.25, 0.3) is 0 Å². The van der Waals surface area contributed by atoms with Crippen molar-refractivity contribution in [1.29, 1.82) is 0 Å². The number of hydrogen-bond acceptors (Lipinski definition) is 1. The highest BCUT2D eigenvalue weighted by Crippen LogP contribution is 2.27. The molecule has 0 aromatic carbocycles. The molecule has 0 fully saturated rings. The highest BCUT2D eigenvalue weighted by molar-refractivity contribution is 14.1. The molecule has 2 aliphatic heterocycles. The first-order valence-electron chi connectivity index (χ1n) is 3.97. The monoisotopic (exact) mass is 271 g/mol. The third kappa shape index (κ3) is 1.35. The first-order valence-corrected chi connectivity index (χ1v) is 5.05. The maximum atomic E-state index is 2.37. The van der Waals surface area contributed by atoms with Crippen molar-refractivity contribution >= 4 is 22.6 Å². The third-order valence-corrected chi connectivity index (χ3v) is 2.90. The SMILES string of the molecule is CC1=CN2CC=CC(I)=C2C=C1. The molecular weight excluding hydrogens is 261 g/mol. The van der Waals surface area contributed by atoms with Crippen LogP contribution in [-0.2, 0) is 0 Å². The number of rotatable bonds is 0. The van der Waals surface area contributed by atoms with Gasteiger partial charge in [-0.2, -0.15) is 0 Å². The molecule has 0 bridgehead atoms. The molecule has 62 valence electrons. The van der Waals surface area contributed by atoms with E-state index in [1.807, 2.05) is 0 Å². The molecule has 0 amide bonds. The summed E-state index contributed by atoms with van der Waals surface area (Å²) >= 11 is 2.37. The van der Waals surface area contributed by atoms with Crippen molar-refractivity contribution in [1.82, 2.24) is 4.90 Å². The summed E-state index contributed by atoms with van der Waals surface area (Å²) in [6.45, 7) is 3.13. The summed E-state index contributed by atoms with van der Waals surface area (Å²) in [5.41, 5.74) is 2.64. The molecule has 0 unspecified atom stereocenters. The second-order valence-corrected chi connectivity index (χ2v) is 4.16. The Kier molecular flexibility index (Phi) is 2.09. The molecule has 0 saturated heterocycles. The van der Waals surface area contributed by atoms with Crippen molar-refractivity contribution < 1.29 is 0 Å². The molecule has 2 heterocycles. The lowest BCUT2D eigenvalue weighted by molar-refractivity contribution is 0.518. The fraction of sp³-hybridized carbons (Fsp3) is 0.200. The van der Waals surface area contributed by atoms with Crippen molar-refractivity contribution in [2.75, 3.05) is 6.54 Å². The van der Waals surface area contributed by atoms with E-state index in [9.17, 15) is 0 Å². The molecule has 0 aliphatic carbocycles. The van der Waals surface area contributed by atoms with Crippen LogP contribution in [0.4, 0.5) is 0 Å². The Labute approximate surface area is 86.3 Å². The molecule has 2 heteroatoms.